The fourth-order valence-corrected chi connectivity index (χ4v) is 2.62. The van der Waals surface area contributed by atoms with Crippen LogP contribution < -0.4 is 0 Å². The van der Waals surface area contributed by atoms with Gasteiger partial charge in [-0.3, -0.25) is 4.79 Å². The molecule has 0 saturated carbocycles. The number of hydrogen-bond acceptors (Lipinski definition) is 5. The number of carboxylic acid groups (broad SMARTS) is 1. The third-order valence-electron chi connectivity index (χ3n) is 3.36. The molecule has 2 rings (SSSR count). The number of carbonyl (C=O) groups is 2. The standard InChI is InChI=1S/C15H15ClN2O4/c1-4-22-15(21)10-7(2)5-9-6-17-18-13(11(9)8(10)3)12(16)14(19)20/h5-6,12H,4H2,1-3H3,(H,19,20). The third kappa shape index (κ3) is 2.74. The Morgan fingerprint density at radius 1 is 1.41 bits per heavy atom. The van der Waals surface area contributed by atoms with Crippen LogP contribution in [0.2, 0.25) is 0 Å². The quantitative estimate of drug-likeness (QED) is 0.687. The SMILES string of the molecule is CCOC(=O)c1c(C)cc2cnnc(C(Cl)C(=O)O)c2c1C. The van der Waals surface area contributed by atoms with Crippen molar-refractivity contribution in [3.05, 3.63) is 34.6 Å². The zero-order chi connectivity index (χ0) is 16.4. The molecule has 1 atom stereocenters. The molecule has 1 aromatic heterocycles. The van der Waals surface area contributed by atoms with Gasteiger partial charge in [0.25, 0.3) is 0 Å². The average Bonchev–Trinajstić information content (AvgIpc) is 2.45. The van der Waals surface area contributed by atoms with Gasteiger partial charge in [0.2, 0.25) is 0 Å². The number of carbonyl (C=O) groups excluding carboxylic acids is 1. The molecule has 6 nitrogen and oxygen atoms in total. The number of carboxylic acids is 1. The Bertz CT molecular complexity index is 761. The molecular weight excluding hydrogens is 308 g/mol. The van der Waals surface area contributed by atoms with Crippen molar-refractivity contribution >= 4 is 34.3 Å². The first-order valence-corrected chi connectivity index (χ1v) is 7.11. The highest BCUT2D eigenvalue weighted by molar-refractivity contribution is 6.30. The number of aromatic nitrogens is 2. The highest BCUT2D eigenvalue weighted by atomic mass is 35.5. The molecule has 22 heavy (non-hydrogen) atoms. The van der Waals surface area contributed by atoms with Crippen LogP contribution in [0, 0.1) is 13.8 Å². The minimum absolute atomic E-state index is 0.120. The number of rotatable bonds is 4. The second kappa shape index (κ2) is 6.27. The van der Waals surface area contributed by atoms with Crippen LogP contribution in [0.1, 0.15) is 39.5 Å². The Hall–Kier alpha value is -2.21. The van der Waals surface area contributed by atoms with E-state index in [0.717, 1.165) is 5.56 Å². The lowest BCUT2D eigenvalue weighted by Crippen LogP contribution is -2.13. The molecule has 1 aromatic carbocycles. The predicted octanol–water partition coefficient (Wildman–Crippen LogP) is 2.79. The number of aliphatic carboxylic acids is 1. The molecule has 0 aliphatic carbocycles. The van der Waals surface area contributed by atoms with Gasteiger partial charge in [-0.1, -0.05) is 0 Å². The number of fused-ring (bicyclic) bond motifs is 1. The minimum Gasteiger partial charge on any atom is -0.480 e. The first-order chi connectivity index (χ1) is 10.4. The Labute approximate surface area is 132 Å². The van der Waals surface area contributed by atoms with Gasteiger partial charge in [-0.25, -0.2) is 4.79 Å². The maximum Gasteiger partial charge on any atom is 0.338 e. The summed E-state index contributed by atoms with van der Waals surface area (Å²) in [5, 5.41) is 16.6. The fraction of sp³-hybridized carbons (Fsp3) is 0.333. The van der Waals surface area contributed by atoms with Crippen LogP contribution >= 0.6 is 11.6 Å². The highest BCUT2D eigenvalue weighted by Gasteiger charge is 2.25. The lowest BCUT2D eigenvalue weighted by atomic mass is 9.95. The smallest absolute Gasteiger partial charge is 0.338 e. The number of ether oxygens (including phenoxy) is 1. The molecule has 2 aromatic rings. The summed E-state index contributed by atoms with van der Waals surface area (Å²) in [5.41, 5.74) is 1.83. The molecule has 1 unspecified atom stereocenters. The van der Waals surface area contributed by atoms with Crippen LogP contribution in [0.15, 0.2) is 12.3 Å². The van der Waals surface area contributed by atoms with Crippen molar-refractivity contribution < 1.29 is 19.4 Å². The van der Waals surface area contributed by atoms with E-state index in [1.165, 1.54) is 6.20 Å². The molecule has 1 N–H and O–H groups in total. The summed E-state index contributed by atoms with van der Waals surface area (Å²) in [6.45, 7) is 5.48. The van der Waals surface area contributed by atoms with Crippen molar-refractivity contribution in [2.45, 2.75) is 26.1 Å². The lowest BCUT2D eigenvalue weighted by molar-refractivity contribution is -0.136. The van der Waals surface area contributed by atoms with E-state index in [-0.39, 0.29) is 12.3 Å². The number of alkyl halides is 1. The first kappa shape index (κ1) is 16.2. The Morgan fingerprint density at radius 3 is 2.68 bits per heavy atom. The molecule has 0 aliphatic rings. The molecule has 116 valence electrons. The van der Waals surface area contributed by atoms with Crippen LogP contribution in [-0.4, -0.2) is 33.8 Å². The fourth-order valence-electron chi connectivity index (χ4n) is 2.47. The number of aryl methyl sites for hydroxylation is 2. The number of benzene rings is 1. The molecule has 7 heteroatoms. The monoisotopic (exact) mass is 322 g/mol. The molecule has 0 bridgehead atoms. The lowest BCUT2D eigenvalue weighted by Gasteiger charge is -2.15. The van der Waals surface area contributed by atoms with Gasteiger partial charge in [0.15, 0.2) is 5.38 Å². The van der Waals surface area contributed by atoms with E-state index >= 15 is 0 Å². The van der Waals surface area contributed by atoms with Crippen molar-refractivity contribution in [3.63, 3.8) is 0 Å². The molecule has 0 aliphatic heterocycles. The molecule has 0 amide bonds. The van der Waals surface area contributed by atoms with Crippen molar-refractivity contribution in [1.29, 1.82) is 0 Å². The van der Waals surface area contributed by atoms with Crippen LogP contribution in [0.4, 0.5) is 0 Å². The van der Waals surface area contributed by atoms with E-state index in [2.05, 4.69) is 10.2 Å². The highest BCUT2D eigenvalue weighted by Crippen LogP contribution is 2.32. The van der Waals surface area contributed by atoms with Crippen LogP contribution in [0.25, 0.3) is 10.8 Å². The summed E-state index contributed by atoms with van der Waals surface area (Å²) < 4.78 is 5.06. The third-order valence-corrected chi connectivity index (χ3v) is 3.75. The molecule has 0 saturated heterocycles. The van der Waals surface area contributed by atoms with Gasteiger partial charge in [0, 0.05) is 10.8 Å². The van der Waals surface area contributed by atoms with Gasteiger partial charge in [0.05, 0.1) is 18.4 Å². The van der Waals surface area contributed by atoms with Gasteiger partial charge in [0.1, 0.15) is 5.69 Å². The maximum atomic E-state index is 12.1. The van der Waals surface area contributed by atoms with Crippen LogP contribution in [0.3, 0.4) is 0 Å². The second-order valence-corrected chi connectivity index (χ2v) is 5.25. The van der Waals surface area contributed by atoms with Crippen LogP contribution in [-0.2, 0) is 9.53 Å². The van der Waals surface area contributed by atoms with Gasteiger partial charge in [-0.05, 0) is 38.0 Å². The number of hydrogen-bond donors (Lipinski definition) is 1. The van der Waals surface area contributed by atoms with Gasteiger partial charge >= 0.3 is 11.9 Å². The summed E-state index contributed by atoms with van der Waals surface area (Å²) >= 11 is 5.91. The number of halogens is 1. The predicted molar refractivity (Wildman–Crippen MR) is 81.2 cm³/mol. The molecule has 0 spiro atoms. The number of esters is 1. The Kier molecular flexibility index (Phi) is 4.61. The largest absolute Gasteiger partial charge is 0.480 e. The van der Waals surface area contributed by atoms with Gasteiger partial charge in [-0.15, -0.1) is 11.6 Å². The molecule has 0 radical (unpaired) electrons. The van der Waals surface area contributed by atoms with E-state index < -0.39 is 17.3 Å². The zero-order valence-electron chi connectivity index (χ0n) is 12.4. The van der Waals surface area contributed by atoms with Crippen molar-refractivity contribution in [3.8, 4) is 0 Å². The van der Waals surface area contributed by atoms with Gasteiger partial charge < -0.3 is 9.84 Å². The summed E-state index contributed by atoms with van der Waals surface area (Å²) in [6, 6.07) is 1.75. The topological polar surface area (TPSA) is 89.4 Å². The minimum atomic E-state index is -1.34. The summed E-state index contributed by atoms with van der Waals surface area (Å²) in [7, 11) is 0. The average molecular weight is 323 g/mol. The van der Waals surface area contributed by atoms with E-state index in [0.29, 0.717) is 21.9 Å². The van der Waals surface area contributed by atoms with Crippen LogP contribution in [0.5, 0.6) is 0 Å². The van der Waals surface area contributed by atoms with E-state index in [1.54, 1.807) is 26.8 Å². The number of nitrogens with zero attached hydrogens (tertiary/aromatic N) is 2. The normalized spacial score (nSPS) is 12.2. The summed E-state index contributed by atoms with van der Waals surface area (Å²) in [6.07, 6.45) is 1.51. The van der Waals surface area contributed by atoms with E-state index in [9.17, 15) is 9.59 Å². The zero-order valence-corrected chi connectivity index (χ0v) is 13.1. The first-order valence-electron chi connectivity index (χ1n) is 6.68. The van der Waals surface area contributed by atoms with E-state index in [4.69, 9.17) is 21.4 Å². The molecule has 0 fully saturated rings. The van der Waals surface area contributed by atoms with E-state index in [1.807, 2.05) is 0 Å². The van der Waals surface area contributed by atoms with Crippen molar-refractivity contribution in [2.75, 3.05) is 6.61 Å². The van der Waals surface area contributed by atoms with Gasteiger partial charge in [-0.2, -0.15) is 10.2 Å². The van der Waals surface area contributed by atoms with Crippen molar-refractivity contribution in [1.82, 2.24) is 10.2 Å². The Morgan fingerprint density at radius 2 is 2.09 bits per heavy atom. The maximum absolute atomic E-state index is 12.1. The van der Waals surface area contributed by atoms with Crippen molar-refractivity contribution in [2.24, 2.45) is 0 Å². The Balaban J connectivity index is 2.79. The summed E-state index contributed by atoms with van der Waals surface area (Å²) in [5.74, 6) is -1.68. The second-order valence-electron chi connectivity index (χ2n) is 4.81. The summed E-state index contributed by atoms with van der Waals surface area (Å²) in [4.78, 5) is 23.3. The molecule has 1 heterocycles. The molecular formula is C15H15ClN2O4.